The van der Waals surface area contributed by atoms with E-state index in [0.29, 0.717) is 28.0 Å². The van der Waals surface area contributed by atoms with E-state index in [1.54, 1.807) is 12.4 Å². The molecule has 1 unspecified atom stereocenters. The molecule has 0 aliphatic heterocycles. The van der Waals surface area contributed by atoms with Gasteiger partial charge in [0.15, 0.2) is 17.0 Å². The summed E-state index contributed by atoms with van der Waals surface area (Å²) >= 11 is 6.20. The Morgan fingerprint density at radius 2 is 2.00 bits per heavy atom. The molecule has 130 valence electrons. The van der Waals surface area contributed by atoms with E-state index in [1.165, 1.54) is 0 Å². The molecule has 0 bridgehead atoms. The largest absolute Gasteiger partial charge is 0.394 e. The highest BCUT2D eigenvalue weighted by Crippen LogP contribution is 2.26. The van der Waals surface area contributed by atoms with Crippen molar-refractivity contribution in [2.45, 2.75) is 26.3 Å². The number of aryl methyl sites for hydroxylation is 1. The summed E-state index contributed by atoms with van der Waals surface area (Å²) in [5.74, 6) is 0.905. The molecule has 8 heteroatoms. The molecule has 1 aromatic carbocycles. The van der Waals surface area contributed by atoms with E-state index in [1.807, 2.05) is 32.0 Å². The van der Waals surface area contributed by atoms with Gasteiger partial charge in [0.2, 0.25) is 5.95 Å². The molecule has 2 heterocycles. The number of aliphatic hydroxyl groups excluding tert-OH is 1. The van der Waals surface area contributed by atoms with Crippen LogP contribution in [0.3, 0.4) is 0 Å². The summed E-state index contributed by atoms with van der Waals surface area (Å²) in [6.07, 6.45) is 3.92. The second kappa shape index (κ2) is 7.58. The maximum atomic E-state index is 9.39. The smallest absolute Gasteiger partial charge is 0.227 e. The Hall–Kier alpha value is -2.51. The summed E-state index contributed by atoms with van der Waals surface area (Å²) in [6, 6.07) is 5.55. The Morgan fingerprint density at radius 1 is 1.20 bits per heavy atom. The van der Waals surface area contributed by atoms with Crippen molar-refractivity contribution in [1.29, 1.82) is 0 Å². The Balaban J connectivity index is 2.00. The molecule has 7 nitrogen and oxygen atoms in total. The van der Waals surface area contributed by atoms with Gasteiger partial charge in [-0.3, -0.25) is 0 Å². The van der Waals surface area contributed by atoms with Crippen molar-refractivity contribution in [3.8, 4) is 0 Å². The molecule has 2 aromatic heterocycles. The highest BCUT2D eigenvalue weighted by atomic mass is 35.5. The van der Waals surface area contributed by atoms with Gasteiger partial charge in [0.25, 0.3) is 0 Å². The maximum Gasteiger partial charge on any atom is 0.227 e. The van der Waals surface area contributed by atoms with E-state index in [2.05, 4.69) is 30.6 Å². The summed E-state index contributed by atoms with van der Waals surface area (Å²) in [4.78, 5) is 17.4. The molecule has 3 rings (SSSR count). The first-order chi connectivity index (χ1) is 12.1. The summed E-state index contributed by atoms with van der Waals surface area (Å²) in [5.41, 5.74) is 2.81. The number of halogens is 1. The first kappa shape index (κ1) is 17.3. The zero-order valence-electron chi connectivity index (χ0n) is 14.0. The SMILES string of the molecule is CCC(CO)Nc1nc(Nc2ccc(C)c(Cl)c2)c2nccnc2n1. The number of nitrogens with zero attached hydrogens (tertiary/aromatic N) is 4. The molecular formula is C17H19ClN6O. The van der Waals surface area contributed by atoms with Crippen LogP contribution in [0.25, 0.3) is 11.2 Å². The molecule has 0 aliphatic rings. The van der Waals surface area contributed by atoms with Crippen LogP contribution in [0.15, 0.2) is 30.6 Å². The third-order valence-corrected chi connectivity index (χ3v) is 4.22. The van der Waals surface area contributed by atoms with Crippen molar-refractivity contribution < 1.29 is 5.11 Å². The summed E-state index contributed by atoms with van der Waals surface area (Å²) in [6.45, 7) is 3.91. The van der Waals surface area contributed by atoms with Crippen LogP contribution in [0.2, 0.25) is 5.02 Å². The number of benzene rings is 1. The third-order valence-electron chi connectivity index (χ3n) is 3.81. The van der Waals surface area contributed by atoms with Gasteiger partial charge in [0, 0.05) is 23.1 Å². The number of aromatic nitrogens is 4. The van der Waals surface area contributed by atoms with Gasteiger partial charge >= 0.3 is 0 Å². The number of fused-ring (bicyclic) bond motifs is 1. The van der Waals surface area contributed by atoms with Gasteiger partial charge in [0.05, 0.1) is 12.6 Å². The average Bonchev–Trinajstić information content (AvgIpc) is 2.63. The predicted octanol–water partition coefficient (Wildman–Crippen LogP) is 3.31. The van der Waals surface area contributed by atoms with Crippen LogP contribution >= 0.6 is 11.6 Å². The van der Waals surface area contributed by atoms with Crippen LogP contribution in [-0.4, -0.2) is 37.7 Å². The van der Waals surface area contributed by atoms with Gasteiger partial charge in [-0.05, 0) is 31.0 Å². The number of nitrogens with one attached hydrogen (secondary N) is 2. The molecule has 3 aromatic rings. The highest BCUT2D eigenvalue weighted by molar-refractivity contribution is 6.31. The van der Waals surface area contributed by atoms with Crippen LogP contribution in [0.5, 0.6) is 0 Å². The Kier molecular flexibility index (Phi) is 5.25. The van der Waals surface area contributed by atoms with Crippen molar-refractivity contribution in [2.24, 2.45) is 0 Å². The van der Waals surface area contributed by atoms with E-state index < -0.39 is 0 Å². The minimum atomic E-state index is -0.129. The Bertz CT molecular complexity index is 884. The monoisotopic (exact) mass is 358 g/mol. The molecule has 1 atom stereocenters. The predicted molar refractivity (Wildman–Crippen MR) is 99.4 cm³/mol. The number of hydrogen-bond donors (Lipinski definition) is 3. The fourth-order valence-electron chi connectivity index (χ4n) is 2.28. The highest BCUT2D eigenvalue weighted by Gasteiger charge is 2.13. The van der Waals surface area contributed by atoms with E-state index >= 15 is 0 Å². The third kappa shape index (κ3) is 3.94. The fraction of sp³-hybridized carbons (Fsp3) is 0.294. The number of aliphatic hydroxyl groups is 1. The Labute approximate surface area is 150 Å². The van der Waals surface area contributed by atoms with Crippen LogP contribution < -0.4 is 10.6 Å². The molecule has 0 radical (unpaired) electrons. The topological polar surface area (TPSA) is 95.8 Å². The first-order valence-electron chi connectivity index (χ1n) is 8.00. The van der Waals surface area contributed by atoms with Crippen LogP contribution in [0.4, 0.5) is 17.5 Å². The van der Waals surface area contributed by atoms with Crippen molar-refractivity contribution >= 4 is 40.2 Å². The Morgan fingerprint density at radius 3 is 2.72 bits per heavy atom. The van der Waals surface area contributed by atoms with Gasteiger partial charge in [-0.2, -0.15) is 9.97 Å². The maximum absolute atomic E-state index is 9.39. The molecule has 0 fully saturated rings. The molecule has 0 spiro atoms. The van der Waals surface area contributed by atoms with Crippen LogP contribution in [-0.2, 0) is 0 Å². The molecule has 25 heavy (non-hydrogen) atoms. The lowest BCUT2D eigenvalue weighted by molar-refractivity contribution is 0.271. The minimum Gasteiger partial charge on any atom is -0.394 e. The van der Waals surface area contributed by atoms with Gasteiger partial charge in [-0.25, -0.2) is 9.97 Å². The lowest BCUT2D eigenvalue weighted by atomic mass is 10.2. The zero-order valence-corrected chi connectivity index (χ0v) is 14.7. The lowest BCUT2D eigenvalue weighted by Crippen LogP contribution is -2.24. The van der Waals surface area contributed by atoms with Crippen molar-refractivity contribution in [3.63, 3.8) is 0 Å². The molecule has 3 N–H and O–H groups in total. The van der Waals surface area contributed by atoms with E-state index in [-0.39, 0.29) is 12.6 Å². The summed E-state index contributed by atoms with van der Waals surface area (Å²) in [7, 11) is 0. The zero-order chi connectivity index (χ0) is 17.8. The minimum absolute atomic E-state index is 0.00526. The van der Waals surface area contributed by atoms with Gasteiger partial charge in [0.1, 0.15) is 0 Å². The van der Waals surface area contributed by atoms with Crippen LogP contribution in [0.1, 0.15) is 18.9 Å². The van der Waals surface area contributed by atoms with Gasteiger partial charge < -0.3 is 15.7 Å². The van der Waals surface area contributed by atoms with E-state index in [4.69, 9.17) is 11.6 Å². The fourth-order valence-corrected chi connectivity index (χ4v) is 2.46. The standard InChI is InChI=1S/C17H19ClN6O/c1-3-11(9-25)22-17-23-15-14(19-6-7-20-15)16(24-17)21-12-5-4-10(2)13(18)8-12/h4-8,11,25H,3,9H2,1-2H3,(H2,20,21,22,23,24). The van der Waals surface area contributed by atoms with Crippen molar-refractivity contribution in [3.05, 3.63) is 41.2 Å². The molecule has 0 amide bonds. The van der Waals surface area contributed by atoms with Gasteiger partial charge in [-0.1, -0.05) is 24.6 Å². The second-order valence-electron chi connectivity index (χ2n) is 5.65. The summed E-state index contributed by atoms with van der Waals surface area (Å²) in [5, 5.41) is 16.4. The molecule has 0 saturated carbocycles. The normalized spacial score (nSPS) is 12.2. The van der Waals surface area contributed by atoms with Crippen LogP contribution in [0, 0.1) is 6.92 Å². The lowest BCUT2D eigenvalue weighted by Gasteiger charge is -2.15. The van der Waals surface area contributed by atoms with Crippen molar-refractivity contribution in [2.75, 3.05) is 17.2 Å². The number of anilines is 3. The summed E-state index contributed by atoms with van der Waals surface area (Å²) < 4.78 is 0. The van der Waals surface area contributed by atoms with Crippen molar-refractivity contribution in [1.82, 2.24) is 19.9 Å². The molecule has 0 aliphatic carbocycles. The van der Waals surface area contributed by atoms with E-state index in [0.717, 1.165) is 17.7 Å². The first-order valence-corrected chi connectivity index (χ1v) is 8.37. The van der Waals surface area contributed by atoms with Gasteiger partial charge in [-0.15, -0.1) is 0 Å². The molecular weight excluding hydrogens is 340 g/mol. The quantitative estimate of drug-likeness (QED) is 0.622. The molecule has 0 saturated heterocycles. The average molecular weight is 359 g/mol. The van der Waals surface area contributed by atoms with E-state index in [9.17, 15) is 5.11 Å². The number of hydrogen-bond acceptors (Lipinski definition) is 7. The second-order valence-corrected chi connectivity index (χ2v) is 6.05. The number of rotatable bonds is 6.